The molecule has 0 rings (SSSR count). The van der Waals surface area contributed by atoms with Crippen molar-refractivity contribution in [2.24, 2.45) is 0 Å². The van der Waals surface area contributed by atoms with Crippen LogP contribution in [0.1, 0.15) is 96.8 Å². The molecule has 0 aromatic heterocycles. The maximum absolute atomic E-state index is 5.75. The van der Waals surface area contributed by atoms with Gasteiger partial charge >= 0.3 is 8.56 Å². The first-order valence-corrected chi connectivity index (χ1v) is 12.7. The first-order valence-electron chi connectivity index (χ1n) is 10.5. The monoisotopic (exact) mass is 356 g/mol. The van der Waals surface area contributed by atoms with E-state index in [4.69, 9.17) is 8.85 Å². The van der Waals surface area contributed by atoms with Crippen LogP contribution in [-0.2, 0) is 8.85 Å². The highest BCUT2D eigenvalue weighted by Gasteiger charge is 2.33. The summed E-state index contributed by atoms with van der Waals surface area (Å²) in [5.74, 6) is 0. The molecule has 2 nitrogen and oxygen atoms in total. The molecule has 0 aromatic carbocycles. The fraction of sp³-hybridized carbons (Fsp3) is 0.905. The molecule has 0 N–H and O–H groups in total. The molecule has 0 radical (unpaired) electrons. The Morgan fingerprint density at radius 2 is 1.08 bits per heavy atom. The van der Waals surface area contributed by atoms with E-state index in [0.29, 0.717) is 0 Å². The van der Waals surface area contributed by atoms with Gasteiger partial charge in [0.2, 0.25) is 0 Å². The molecule has 0 amide bonds. The van der Waals surface area contributed by atoms with Crippen LogP contribution in [0.25, 0.3) is 0 Å². The quantitative estimate of drug-likeness (QED) is 0.136. The van der Waals surface area contributed by atoms with Crippen LogP contribution in [0.2, 0.25) is 12.1 Å². The van der Waals surface area contributed by atoms with Gasteiger partial charge in [-0.1, -0.05) is 90.0 Å². The Kier molecular flexibility index (Phi) is 17.6. The van der Waals surface area contributed by atoms with Gasteiger partial charge in [-0.25, -0.2) is 0 Å². The third-order valence-electron chi connectivity index (χ3n) is 5.09. The molecule has 0 unspecified atom stereocenters. The highest BCUT2D eigenvalue weighted by Crippen LogP contribution is 2.23. The minimum atomic E-state index is -1.85. The minimum absolute atomic E-state index is 1.13. The Bertz CT molecular complexity index is 265. The zero-order valence-corrected chi connectivity index (χ0v) is 17.9. The van der Waals surface area contributed by atoms with Crippen LogP contribution in [-0.4, -0.2) is 22.8 Å². The third kappa shape index (κ3) is 13.2. The van der Waals surface area contributed by atoms with Gasteiger partial charge in [0.15, 0.2) is 0 Å². The van der Waals surface area contributed by atoms with Crippen molar-refractivity contribution in [3.8, 4) is 0 Å². The Hall–Kier alpha value is -0.123. The first kappa shape index (κ1) is 23.9. The predicted octanol–water partition coefficient (Wildman–Crippen LogP) is 7.39. The molecule has 0 heterocycles. The first-order chi connectivity index (χ1) is 11.7. The third-order valence-corrected chi connectivity index (χ3v) is 8.96. The van der Waals surface area contributed by atoms with Gasteiger partial charge in [0.1, 0.15) is 0 Å². The lowest BCUT2D eigenvalue weighted by molar-refractivity contribution is 0.239. The number of hydrogen-bond acceptors (Lipinski definition) is 2. The zero-order valence-electron chi connectivity index (χ0n) is 16.9. The second-order valence-corrected chi connectivity index (χ2v) is 10.8. The summed E-state index contributed by atoms with van der Waals surface area (Å²) < 4.78 is 11.5. The van der Waals surface area contributed by atoms with Crippen molar-refractivity contribution in [3.63, 3.8) is 0 Å². The van der Waals surface area contributed by atoms with Crippen molar-refractivity contribution in [2.45, 2.75) is 109 Å². The standard InChI is InChI=1S/C21H44O2Si/c1-5-7-8-9-10-11-12-13-14-15-16-17-18-19-21-24(22-3,23-4)20-6-2/h5H,1,6-21H2,2-4H3. The van der Waals surface area contributed by atoms with Gasteiger partial charge in [0, 0.05) is 14.2 Å². The van der Waals surface area contributed by atoms with Crippen LogP contribution in [0, 0.1) is 0 Å². The SMILES string of the molecule is C=CCCCCCCCCCCCCCC[Si](CCC)(OC)OC. The highest BCUT2D eigenvalue weighted by molar-refractivity contribution is 6.67. The van der Waals surface area contributed by atoms with E-state index in [1.807, 2.05) is 20.3 Å². The predicted molar refractivity (Wildman–Crippen MR) is 110 cm³/mol. The minimum Gasteiger partial charge on any atom is -0.398 e. The Labute approximate surface area is 153 Å². The number of unbranched alkanes of at least 4 members (excludes halogenated alkanes) is 12. The molecule has 0 atom stereocenters. The summed E-state index contributed by atoms with van der Waals surface area (Å²) in [4.78, 5) is 0. The zero-order chi connectivity index (χ0) is 17.9. The molecule has 0 aliphatic carbocycles. The van der Waals surface area contributed by atoms with Gasteiger partial charge in [-0.15, -0.1) is 6.58 Å². The van der Waals surface area contributed by atoms with Crippen molar-refractivity contribution in [1.82, 2.24) is 0 Å². The molecule has 3 heteroatoms. The van der Waals surface area contributed by atoms with Crippen LogP contribution in [0.4, 0.5) is 0 Å². The van der Waals surface area contributed by atoms with E-state index >= 15 is 0 Å². The van der Waals surface area contributed by atoms with E-state index in [2.05, 4.69) is 13.5 Å². The fourth-order valence-corrected chi connectivity index (χ4v) is 6.23. The number of hydrogen-bond donors (Lipinski definition) is 0. The van der Waals surface area contributed by atoms with Crippen LogP contribution >= 0.6 is 0 Å². The lowest BCUT2D eigenvalue weighted by atomic mass is 10.0. The largest absolute Gasteiger partial charge is 0.398 e. The van der Waals surface area contributed by atoms with Gasteiger partial charge in [-0.2, -0.15) is 0 Å². The summed E-state index contributed by atoms with van der Waals surface area (Å²) in [5, 5.41) is 0. The smallest absolute Gasteiger partial charge is 0.337 e. The van der Waals surface area contributed by atoms with Gasteiger partial charge < -0.3 is 8.85 Å². The Morgan fingerprint density at radius 3 is 1.46 bits per heavy atom. The molecule has 144 valence electrons. The normalized spacial score (nSPS) is 11.8. The summed E-state index contributed by atoms with van der Waals surface area (Å²) in [6.07, 6.45) is 21.1. The van der Waals surface area contributed by atoms with Gasteiger partial charge in [0.05, 0.1) is 0 Å². The molecule has 0 saturated carbocycles. The van der Waals surface area contributed by atoms with E-state index in [1.165, 1.54) is 95.9 Å². The average Bonchev–Trinajstić information content (AvgIpc) is 2.61. The lowest BCUT2D eigenvalue weighted by Crippen LogP contribution is -2.39. The summed E-state index contributed by atoms with van der Waals surface area (Å²) in [7, 11) is 1.82. The van der Waals surface area contributed by atoms with Gasteiger partial charge in [0.25, 0.3) is 0 Å². The van der Waals surface area contributed by atoms with Crippen LogP contribution in [0.5, 0.6) is 0 Å². The van der Waals surface area contributed by atoms with Crippen molar-refractivity contribution >= 4 is 8.56 Å². The van der Waals surface area contributed by atoms with Crippen molar-refractivity contribution in [3.05, 3.63) is 12.7 Å². The molecule has 0 fully saturated rings. The molecule has 0 bridgehead atoms. The van der Waals surface area contributed by atoms with Crippen molar-refractivity contribution in [1.29, 1.82) is 0 Å². The summed E-state index contributed by atoms with van der Waals surface area (Å²) >= 11 is 0. The molecular formula is C21H44O2Si. The second kappa shape index (κ2) is 17.7. The molecule has 0 spiro atoms. The average molecular weight is 357 g/mol. The summed E-state index contributed by atoms with van der Waals surface area (Å²) in [6.45, 7) is 6.00. The van der Waals surface area contributed by atoms with Crippen LogP contribution < -0.4 is 0 Å². The van der Waals surface area contributed by atoms with Crippen LogP contribution in [0.15, 0.2) is 12.7 Å². The molecule has 0 saturated heterocycles. The molecule has 0 aromatic rings. The van der Waals surface area contributed by atoms with E-state index in [1.54, 1.807) is 0 Å². The topological polar surface area (TPSA) is 18.5 Å². The maximum atomic E-state index is 5.75. The van der Waals surface area contributed by atoms with E-state index in [0.717, 1.165) is 6.04 Å². The molecule has 0 aliphatic rings. The summed E-state index contributed by atoms with van der Waals surface area (Å²) in [5.41, 5.74) is 0. The van der Waals surface area contributed by atoms with Crippen molar-refractivity contribution in [2.75, 3.05) is 14.2 Å². The maximum Gasteiger partial charge on any atom is 0.337 e. The van der Waals surface area contributed by atoms with E-state index < -0.39 is 8.56 Å². The Morgan fingerprint density at radius 1 is 0.667 bits per heavy atom. The van der Waals surface area contributed by atoms with Crippen molar-refractivity contribution < 1.29 is 8.85 Å². The van der Waals surface area contributed by atoms with Gasteiger partial charge in [-0.05, 0) is 24.9 Å². The second-order valence-electron chi connectivity index (χ2n) is 7.14. The lowest BCUT2D eigenvalue weighted by Gasteiger charge is -2.27. The highest BCUT2D eigenvalue weighted by atomic mass is 28.4. The molecule has 0 aliphatic heterocycles. The fourth-order valence-electron chi connectivity index (χ4n) is 3.45. The van der Waals surface area contributed by atoms with Crippen LogP contribution in [0.3, 0.4) is 0 Å². The van der Waals surface area contributed by atoms with E-state index in [9.17, 15) is 0 Å². The van der Waals surface area contributed by atoms with Gasteiger partial charge in [-0.3, -0.25) is 0 Å². The Balaban J connectivity index is 3.34. The molecule has 24 heavy (non-hydrogen) atoms. The van der Waals surface area contributed by atoms with E-state index in [-0.39, 0.29) is 0 Å². The molecular weight excluding hydrogens is 312 g/mol. The number of allylic oxidation sites excluding steroid dienone is 1. The summed E-state index contributed by atoms with van der Waals surface area (Å²) in [6, 6.07) is 2.30. The number of rotatable bonds is 19.